The van der Waals surface area contributed by atoms with Crippen molar-refractivity contribution in [3.63, 3.8) is 0 Å². The van der Waals surface area contributed by atoms with Gasteiger partial charge in [0, 0.05) is 0 Å². The molecule has 2 rings (SSSR count). The Labute approximate surface area is 103 Å². The van der Waals surface area contributed by atoms with Crippen LogP contribution in [0.2, 0.25) is 5.15 Å². The van der Waals surface area contributed by atoms with Gasteiger partial charge in [0.15, 0.2) is 5.15 Å². The molecule has 0 aliphatic rings. The quantitative estimate of drug-likeness (QED) is 0.784. The van der Waals surface area contributed by atoms with Crippen LogP contribution in [0.15, 0.2) is 20.2 Å². The third-order valence-corrected chi connectivity index (χ3v) is 3.24. The summed E-state index contributed by atoms with van der Waals surface area (Å²) in [7, 11) is 0. The Morgan fingerprint density at radius 3 is 2.94 bits per heavy atom. The number of nitrogens with zero attached hydrogens (tertiary/aromatic N) is 4. The molecule has 0 saturated heterocycles. The fraction of sp³-hybridized carbons (Fsp3) is 0.250. The van der Waals surface area contributed by atoms with Gasteiger partial charge < -0.3 is 0 Å². The number of halogens is 2. The van der Waals surface area contributed by atoms with E-state index in [0.29, 0.717) is 11.4 Å². The molecule has 16 heavy (non-hydrogen) atoms. The largest absolute Gasteiger partial charge is 0.292 e. The second-order valence-corrected chi connectivity index (χ2v) is 4.23. The van der Waals surface area contributed by atoms with E-state index in [1.807, 2.05) is 0 Å². The van der Waals surface area contributed by atoms with Gasteiger partial charge in [-0.2, -0.15) is 0 Å². The predicted octanol–water partition coefficient (Wildman–Crippen LogP) is 1.40. The number of hydrogen-bond donors (Lipinski definition) is 0. The normalized spacial score (nSPS) is 10.7. The van der Waals surface area contributed by atoms with Crippen molar-refractivity contribution in [2.24, 2.45) is 0 Å². The number of hydrogen-bond acceptors (Lipinski definition) is 5. The third kappa shape index (κ3) is 2.00. The van der Waals surface area contributed by atoms with Gasteiger partial charge >= 0.3 is 0 Å². The van der Waals surface area contributed by atoms with Crippen LogP contribution in [0.4, 0.5) is 0 Å². The molecular formula is C8H6BrClN4O2. The molecule has 0 amide bonds. The van der Waals surface area contributed by atoms with Crippen LogP contribution in [0.3, 0.4) is 0 Å². The molecule has 0 spiro atoms. The standard InChI is InChI=1S/C8H6BrClN4O2/c1-4-5(13-16-12-4)2-14-3-11-7(10)6(9)8(14)15/h3H,2H2,1H3. The Bertz CT molecular complexity index is 580. The highest BCUT2D eigenvalue weighted by Gasteiger charge is 2.10. The van der Waals surface area contributed by atoms with Gasteiger partial charge in [-0.1, -0.05) is 21.9 Å². The van der Waals surface area contributed by atoms with Crippen molar-refractivity contribution in [1.82, 2.24) is 19.9 Å². The van der Waals surface area contributed by atoms with Crippen LogP contribution < -0.4 is 5.56 Å². The van der Waals surface area contributed by atoms with E-state index in [0.717, 1.165) is 0 Å². The lowest BCUT2D eigenvalue weighted by Gasteiger charge is -2.03. The van der Waals surface area contributed by atoms with Gasteiger partial charge in [0.2, 0.25) is 0 Å². The van der Waals surface area contributed by atoms with Crippen molar-refractivity contribution in [2.75, 3.05) is 0 Å². The first-order chi connectivity index (χ1) is 7.59. The van der Waals surface area contributed by atoms with E-state index in [4.69, 9.17) is 11.6 Å². The van der Waals surface area contributed by atoms with Crippen LogP contribution in [0.25, 0.3) is 0 Å². The van der Waals surface area contributed by atoms with Crippen LogP contribution in [-0.4, -0.2) is 19.9 Å². The van der Waals surface area contributed by atoms with Crippen LogP contribution in [0.1, 0.15) is 11.4 Å². The highest BCUT2D eigenvalue weighted by atomic mass is 79.9. The average Bonchev–Trinajstić information content (AvgIpc) is 2.65. The van der Waals surface area contributed by atoms with Crippen molar-refractivity contribution in [2.45, 2.75) is 13.5 Å². The second-order valence-electron chi connectivity index (χ2n) is 3.08. The fourth-order valence-corrected chi connectivity index (χ4v) is 1.57. The molecule has 0 aliphatic heterocycles. The lowest BCUT2D eigenvalue weighted by Crippen LogP contribution is -2.22. The van der Waals surface area contributed by atoms with Crippen LogP contribution in [0, 0.1) is 6.92 Å². The van der Waals surface area contributed by atoms with E-state index in [1.165, 1.54) is 10.9 Å². The lowest BCUT2D eigenvalue weighted by atomic mass is 10.3. The molecule has 0 radical (unpaired) electrons. The molecule has 0 bridgehead atoms. The summed E-state index contributed by atoms with van der Waals surface area (Å²) in [5.41, 5.74) is 0.943. The lowest BCUT2D eigenvalue weighted by molar-refractivity contribution is 0.300. The summed E-state index contributed by atoms with van der Waals surface area (Å²) in [4.78, 5) is 15.6. The summed E-state index contributed by atoms with van der Waals surface area (Å²) in [6.07, 6.45) is 1.35. The molecule has 0 atom stereocenters. The Morgan fingerprint density at radius 1 is 1.56 bits per heavy atom. The highest BCUT2D eigenvalue weighted by molar-refractivity contribution is 9.10. The molecule has 0 saturated carbocycles. The summed E-state index contributed by atoms with van der Waals surface area (Å²) in [6, 6.07) is 0. The molecule has 84 valence electrons. The first kappa shape index (κ1) is 11.3. The molecule has 0 N–H and O–H groups in total. The van der Waals surface area contributed by atoms with Gasteiger partial charge in [-0.15, -0.1) is 0 Å². The first-order valence-electron chi connectivity index (χ1n) is 4.28. The van der Waals surface area contributed by atoms with E-state index in [1.54, 1.807) is 6.92 Å². The van der Waals surface area contributed by atoms with Gasteiger partial charge in [0.05, 0.1) is 12.9 Å². The summed E-state index contributed by atoms with van der Waals surface area (Å²) in [6.45, 7) is 1.99. The zero-order valence-corrected chi connectivity index (χ0v) is 10.5. The Kier molecular flexibility index (Phi) is 3.06. The zero-order valence-electron chi connectivity index (χ0n) is 8.15. The molecule has 2 heterocycles. The van der Waals surface area contributed by atoms with Crippen molar-refractivity contribution in [1.29, 1.82) is 0 Å². The Hall–Kier alpha value is -1.21. The summed E-state index contributed by atoms with van der Waals surface area (Å²) in [5, 5.41) is 7.44. The number of rotatable bonds is 2. The van der Waals surface area contributed by atoms with E-state index in [-0.39, 0.29) is 21.7 Å². The van der Waals surface area contributed by atoms with Crippen LogP contribution in [-0.2, 0) is 6.54 Å². The van der Waals surface area contributed by atoms with Gasteiger partial charge in [0.25, 0.3) is 5.56 Å². The van der Waals surface area contributed by atoms with Crippen LogP contribution >= 0.6 is 27.5 Å². The maximum Gasteiger partial charge on any atom is 0.269 e. The minimum atomic E-state index is -0.276. The van der Waals surface area contributed by atoms with Crippen molar-refractivity contribution in [3.05, 3.63) is 37.7 Å². The van der Waals surface area contributed by atoms with E-state index < -0.39 is 0 Å². The predicted molar refractivity (Wildman–Crippen MR) is 59.3 cm³/mol. The Balaban J connectivity index is 2.40. The number of aryl methyl sites for hydroxylation is 1. The third-order valence-electron chi connectivity index (χ3n) is 2.01. The maximum atomic E-state index is 11.7. The molecule has 8 heteroatoms. The monoisotopic (exact) mass is 304 g/mol. The van der Waals surface area contributed by atoms with Crippen molar-refractivity contribution in [3.8, 4) is 0 Å². The topological polar surface area (TPSA) is 73.8 Å². The van der Waals surface area contributed by atoms with Gasteiger partial charge in [-0.25, -0.2) is 9.61 Å². The average molecular weight is 306 g/mol. The molecule has 2 aromatic heterocycles. The minimum absolute atomic E-state index is 0.135. The maximum absolute atomic E-state index is 11.7. The molecule has 0 aliphatic carbocycles. The summed E-state index contributed by atoms with van der Waals surface area (Å²) < 4.78 is 6.13. The van der Waals surface area contributed by atoms with E-state index in [2.05, 4.69) is 35.9 Å². The van der Waals surface area contributed by atoms with Crippen molar-refractivity contribution >= 4 is 27.5 Å². The van der Waals surface area contributed by atoms with Gasteiger partial charge in [0.1, 0.15) is 15.9 Å². The van der Waals surface area contributed by atoms with Crippen molar-refractivity contribution < 1.29 is 4.63 Å². The Morgan fingerprint density at radius 2 is 2.31 bits per heavy atom. The van der Waals surface area contributed by atoms with E-state index in [9.17, 15) is 4.79 Å². The molecule has 2 aromatic rings. The van der Waals surface area contributed by atoms with E-state index >= 15 is 0 Å². The molecule has 0 fully saturated rings. The second kappa shape index (κ2) is 4.34. The van der Waals surface area contributed by atoms with Gasteiger partial charge in [-0.3, -0.25) is 9.36 Å². The number of aromatic nitrogens is 4. The molecule has 6 nitrogen and oxygen atoms in total. The highest BCUT2D eigenvalue weighted by Crippen LogP contribution is 2.14. The first-order valence-corrected chi connectivity index (χ1v) is 5.45. The summed E-state index contributed by atoms with van der Waals surface area (Å²) >= 11 is 8.75. The molecular weight excluding hydrogens is 299 g/mol. The smallest absolute Gasteiger partial charge is 0.269 e. The van der Waals surface area contributed by atoms with Gasteiger partial charge in [-0.05, 0) is 22.9 Å². The summed E-state index contributed by atoms with van der Waals surface area (Å²) in [5.74, 6) is 0. The van der Waals surface area contributed by atoms with Crippen LogP contribution in [0.5, 0.6) is 0 Å². The SMILES string of the molecule is Cc1nonc1Cn1cnc(Cl)c(Br)c1=O. The molecule has 0 aromatic carbocycles. The zero-order chi connectivity index (χ0) is 11.7. The minimum Gasteiger partial charge on any atom is -0.292 e. The molecule has 0 unspecified atom stereocenters. The fourth-order valence-electron chi connectivity index (χ4n) is 1.11.